The number of carbonyl (C=O) groups excluding carboxylic acids is 1. The Kier molecular flexibility index (Phi) is 4.24. The monoisotopic (exact) mass is 310 g/mol. The molecule has 3 aromatic carbocycles. The molecule has 0 saturated carbocycles. The molecule has 0 bridgehead atoms. The van der Waals surface area contributed by atoms with Crippen LogP contribution in [-0.2, 0) is 11.3 Å². The summed E-state index contributed by atoms with van der Waals surface area (Å²) >= 11 is 0. The van der Waals surface area contributed by atoms with Crippen LogP contribution in [0.2, 0.25) is 0 Å². The average Bonchev–Trinajstić information content (AvgIpc) is 2.59. The van der Waals surface area contributed by atoms with Crippen LogP contribution >= 0.6 is 0 Å². The van der Waals surface area contributed by atoms with E-state index in [1.54, 1.807) is 18.2 Å². The van der Waals surface area contributed by atoms with Crippen molar-refractivity contribution in [3.05, 3.63) is 77.6 Å². The minimum absolute atomic E-state index is 0.00652. The van der Waals surface area contributed by atoms with Gasteiger partial charge in [0.05, 0.1) is 12.7 Å². The molecule has 0 aliphatic rings. The summed E-state index contributed by atoms with van der Waals surface area (Å²) in [6.45, 7) is 0.00652. The van der Waals surface area contributed by atoms with Crippen molar-refractivity contribution in [2.24, 2.45) is 0 Å². The van der Waals surface area contributed by atoms with E-state index in [9.17, 15) is 9.18 Å². The van der Waals surface area contributed by atoms with Crippen LogP contribution in [0, 0.1) is 5.82 Å². The maximum absolute atomic E-state index is 13.6. The van der Waals surface area contributed by atoms with Gasteiger partial charge in [-0.2, -0.15) is 0 Å². The number of ether oxygens (including phenoxy) is 2. The van der Waals surface area contributed by atoms with Crippen LogP contribution in [0.4, 0.5) is 4.39 Å². The minimum atomic E-state index is -0.480. The number of benzene rings is 3. The first-order chi connectivity index (χ1) is 11.2. The second kappa shape index (κ2) is 6.48. The van der Waals surface area contributed by atoms with E-state index < -0.39 is 11.8 Å². The van der Waals surface area contributed by atoms with Crippen molar-refractivity contribution in [2.75, 3.05) is 7.11 Å². The van der Waals surface area contributed by atoms with E-state index in [2.05, 4.69) is 0 Å². The normalized spacial score (nSPS) is 10.5. The summed E-state index contributed by atoms with van der Waals surface area (Å²) in [5.41, 5.74) is 1.04. The summed E-state index contributed by atoms with van der Waals surface area (Å²) in [5.74, 6) is -0.756. The molecule has 0 aromatic heterocycles. The smallest absolute Gasteiger partial charge is 0.338 e. The van der Waals surface area contributed by atoms with Gasteiger partial charge in [0.25, 0.3) is 0 Å². The number of rotatable bonds is 4. The van der Waals surface area contributed by atoms with Gasteiger partial charge in [-0.1, -0.05) is 36.4 Å². The fourth-order valence-electron chi connectivity index (χ4n) is 2.35. The van der Waals surface area contributed by atoms with Gasteiger partial charge in [-0.3, -0.25) is 0 Å². The number of halogens is 1. The van der Waals surface area contributed by atoms with E-state index in [4.69, 9.17) is 9.47 Å². The number of hydrogen-bond acceptors (Lipinski definition) is 3. The fourth-order valence-corrected chi connectivity index (χ4v) is 2.35. The Morgan fingerprint density at radius 1 is 1.00 bits per heavy atom. The van der Waals surface area contributed by atoms with Crippen LogP contribution in [0.1, 0.15) is 15.9 Å². The van der Waals surface area contributed by atoms with Gasteiger partial charge in [0, 0.05) is 0 Å². The molecule has 116 valence electrons. The highest BCUT2D eigenvalue weighted by molar-refractivity contribution is 5.95. The maximum atomic E-state index is 13.6. The zero-order valence-electron chi connectivity index (χ0n) is 12.6. The summed E-state index contributed by atoms with van der Waals surface area (Å²) in [5, 5.41) is 2.03. The Balaban J connectivity index is 1.72. The molecule has 0 aliphatic carbocycles. The predicted molar refractivity (Wildman–Crippen MR) is 86.0 cm³/mol. The number of fused-ring (bicyclic) bond motifs is 1. The first-order valence-corrected chi connectivity index (χ1v) is 7.16. The zero-order chi connectivity index (χ0) is 16.2. The average molecular weight is 310 g/mol. The van der Waals surface area contributed by atoms with E-state index >= 15 is 0 Å². The number of carbonyl (C=O) groups is 1. The predicted octanol–water partition coefficient (Wildman–Crippen LogP) is 4.34. The number of hydrogen-bond donors (Lipinski definition) is 0. The lowest BCUT2D eigenvalue weighted by molar-refractivity contribution is 0.0472. The molecule has 23 heavy (non-hydrogen) atoms. The topological polar surface area (TPSA) is 35.5 Å². The summed E-state index contributed by atoms with van der Waals surface area (Å²) in [4.78, 5) is 12.1. The van der Waals surface area contributed by atoms with Gasteiger partial charge in [0.15, 0.2) is 11.6 Å². The third-order valence-electron chi connectivity index (χ3n) is 3.57. The molecule has 0 radical (unpaired) electrons. The highest BCUT2D eigenvalue weighted by Crippen LogP contribution is 2.19. The molecule has 0 unspecified atom stereocenters. The summed E-state index contributed by atoms with van der Waals surface area (Å²) < 4.78 is 23.7. The summed E-state index contributed by atoms with van der Waals surface area (Å²) in [6, 6.07) is 17.6. The van der Waals surface area contributed by atoms with Crippen molar-refractivity contribution in [2.45, 2.75) is 6.61 Å². The quantitative estimate of drug-likeness (QED) is 0.672. The molecule has 0 N–H and O–H groups in total. The molecule has 0 aliphatic heterocycles. The molecule has 0 amide bonds. The SMILES string of the molecule is COc1ccc(COC(=O)c2ccc3ccccc3c2)cc1F. The lowest BCUT2D eigenvalue weighted by atomic mass is 10.1. The largest absolute Gasteiger partial charge is 0.494 e. The van der Waals surface area contributed by atoms with E-state index in [0.717, 1.165) is 10.8 Å². The van der Waals surface area contributed by atoms with Gasteiger partial charge >= 0.3 is 5.97 Å². The van der Waals surface area contributed by atoms with Crippen molar-refractivity contribution in [3.8, 4) is 5.75 Å². The highest BCUT2D eigenvalue weighted by atomic mass is 19.1. The molecule has 0 fully saturated rings. The third-order valence-corrected chi connectivity index (χ3v) is 3.57. The minimum Gasteiger partial charge on any atom is -0.494 e. The molecule has 4 heteroatoms. The fraction of sp³-hybridized carbons (Fsp3) is 0.105. The van der Waals surface area contributed by atoms with E-state index in [1.807, 2.05) is 30.3 Å². The van der Waals surface area contributed by atoms with Gasteiger partial charge in [0.2, 0.25) is 0 Å². The molecule has 0 heterocycles. The van der Waals surface area contributed by atoms with Crippen molar-refractivity contribution >= 4 is 16.7 Å². The first-order valence-electron chi connectivity index (χ1n) is 7.16. The highest BCUT2D eigenvalue weighted by Gasteiger charge is 2.09. The molecular weight excluding hydrogens is 295 g/mol. The van der Waals surface area contributed by atoms with Crippen molar-refractivity contribution in [1.29, 1.82) is 0 Å². The Morgan fingerprint density at radius 2 is 1.78 bits per heavy atom. The second-order valence-electron chi connectivity index (χ2n) is 5.11. The molecule has 3 rings (SSSR count). The van der Waals surface area contributed by atoms with E-state index in [1.165, 1.54) is 19.2 Å². The van der Waals surface area contributed by atoms with Gasteiger partial charge in [-0.15, -0.1) is 0 Å². The Labute approximate surface area is 133 Å². The lowest BCUT2D eigenvalue weighted by Gasteiger charge is -2.07. The Morgan fingerprint density at radius 3 is 2.52 bits per heavy atom. The second-order valence-corrected chi connectivity index (χ2v) is 5.11. The van der Waals surface area contributed by atoms with E-state index in [0.29, 0.717) is 11.1 Å². The van der Waals surface area contributed by atoms with Crippen LogP contribution in [0.15, 0.2) is 60.7 Å². The number of methoxy groups -OCH3 is 1. The Hall–Kier alpha value is -2.88. The molecule has 3 nitrogen and oxygen atoms in total. The molecule has 0 saturated heterocycles. The summed E-state index contributed by atoms with van der Waals surface area (Å²) in [7, 11) is 1.40. The van der Waals surface area contributed by atoms with Gasteiger partial charge < -0.3 is 9.47 Å². The van der Waals surface area contributed by atoms with Crippen LogP contribution in [-0.4, -0.2) is 13.1 Å². The van der Waals surface area contributed by atoms with E-state index in [-0.39, 0.29) is 12.4 Å². The summed E-state index contributed by atoms with van der Waals surface area (Å²) in [6.07, 6.45) is 0. The Bertz CT molecular complexity index is 858. The lowest BCUT2D eigenvalue weighted by Crippen LogP contribution is -2.05. The maximum Gasteiger partial charge on any atom is 0.338 e. The number of esters is 1. The first kappa shape index (κ1) is 15.0. The molecule has 3 aromatic rings. The van der Waals surface area contributed by atoms with Crippen molar-refractivity contribution in [3.63, 3.8) is 0 Å². The van der Waals surface area contributed by atoms with Crippen LogP contribution in [0.5, 0.6) is 5.75 Å². The van der Waals surface area contributed by atoms with Crippen molar-refractivity contribution < 1.29 is 18.7 Å². The van der Waals surface area contributed by atoms with Gasteiger partial charge in [-0.25, -0.2) is 9.18 Å². The van der Waals surface area contributed by atoms with Gasteiger partial charge in [-0.05, 0) is 40.6 Å². The molecule has 0 spiro atoms. The van der Waals surface area contributed by atoms with Crippen LogP contribution in [0.25, 0.3) is 10.8 Å². The third kappa shape index (κ3) is 3.31. The van der Waals surface area contributed by atoms with Gasteiger partial charge in [0.1, 0.15) is 6.61 Å². The standard InChI is InChI=1S/C19H15FO3/c1-22-18-9-6-13(10-17(18)20)12-23-19(21)16-8-7-14-4-2-3-5-15(14)11-16/h2-11H,12H2,1H3. The zero-order valence-corrected chi connectivity index (χ0v) is 12.6. The van der Waals surface area contributed by atoms with Crippen LogP contribution < -0.4 is 4.74 Å². The molecule has 0 atom stereocenters. The van der Waals surface area contributed by atoms with Crippen LogP contribution in [0.3, 0.4) is 0 Å². The van der Waals surface area contributed by atoms with Crippen molar-refractivity contribution in [1.82, 2.24) is 0 Å². The molecular formula is C19H15FO3.